The van der Waals surface area contributed by atoms with E-state index in [9.17, 15) is 14.4 Å². The van der Waals surface area contributed by atoms with E-state index in [-0.39, 0.29) is 24.5 Å². The lowest BCUT2D eigenvalue weighted by Gasteiger charge is -2.07. The summed E-state index contributed by atoms with van der Waals surface area (Å²) in [7, 11) is 0. The zero-order valence-corrected chi connectivity index (χ0v) is 17.5. The fourth-order valence-electron chi connectivity index (χ4n) is 2.90. The van der Waals surface area contributed by atoms with Crippen LogP contribution in [0.15, 0.2) is 66.0 Å². The third kappa shape index (κ3) is 6.12. The molecule has 0 bridgehead atoms. The molecular formula is C24H23NO4S. The zero-order valence-electron chi connectivity index (χ0n) is 16.7. The van der Waals surface area contributed by atoms with E-state index in [2.05, 4.69) is 12.2 Å². The van der Waals surface area contributed by atoms with Crippen LogP contribution in [0.1, 0.15) is 51.8 Å². The number of hydrogen-bond donors (Lipinski definition) is 1. The molecular weight excluding hydrogens is 398 g/mol. The van der Waals surface area contributed by atoms with Gasteiger partial charge in [-0.2, -0.15) is 0 Å². The molecule has 1 N–H and O–H groups in total. The molecule has 1 amide bonds. The topological polar surface area (TPSA) is 72.5 Å². The van der Waals surface area contributed by atoms with Crippen LogP contribution in [-0.4, -0.2) is 17.7 Å². The zero-order chi connectivity index (χ0) is 21.3. The lowest BCUT2D eigenvalue weighted by atomic mass is 10.0. The van der Waals surface area contributed by atoms with Crippen LogP contribution in [0.25, 0.3) is 0 Å². The van der Waals surface area contributed by atoms with Gasteiger partial charge >= 0.3 is 5.97 Å². The number of ether oxygens (including phenoxy) is 1. The van der Waals surface area contributed by atoms with Gasteiger partial charge in [-0.1, -0.05) is 43.7 Å². The van der Waals surface area contributed by atoms with Gasteiger partial charge in [-0.05, 0) is 47.7 Å². The van der Waals surface area contributed by atoms with Gasteiger partial charge in [0, 0.05) is 17.7 Å². The Bertz CT molecular complexity index is 993. The first-order chi connectivity index (χ1) is 14.5. The summed E-state index contributed by atoms with van der Waals surface area (Å²) in [4.78, 5) is 37.0. The SMILES string of the molecule is CCCc1ccc(C(=O)CCC(=O)Oc2ccc(NC(=O)c3cccs3)cc2)cc1. The van der Waals surface area contributed by atoms with Gasteiger partial charge in [0.2, 0.25) is 0 Å². The predicted octanol–water partition coefficient (Wildman–Crippen LogP) is 5.52. The summed E-state index contributed by atoms with van der Waals surface area (Å²) >= 11 is 1.36. The average molecular weight is 422 g/mol. The van der Waals surface area contributed by atoms with Gasteiger partial charge in [0.25, 0.3) is 5.91 Å². The van der Waals surface area contributed by atoms with Crippen LogP contribution in [0.5, 0.6) is 5.75 Å². The molecule has 3 aromatic rings. The molecule has 2 aromatic carbocycles. The quantitative estimate of drug-likeness (QED) is 0.280. The van der Waals surface area contributed by atoms with Crippen molar-refractivity contribution in [2.75, 3.05) is 5.32 Å². The minimum absolute atomic E-state index is 0.00636. The fourth-order valence-corrected chi connectivity index (χ4v) is 3.51. The first-order valence-electron chi connectivity index (χ1n) is 9.83. The molecule has 1 aromatic heterocycles. The molecule has 0 aliphatic heterocycles. The summed E-state index contributed by atoms with van der Waals surface area (Å²) in [5, 5.41) is 4.62. The molecule has 0 radical (unpaired) electrons. The third-order valence-corrected chi connectivity index (χ3v) is 5.33. The van der Waals surface area contributed by atoms with Crippen LogP contribution in [0, 0.1) is 0 Å². The van der Waals surface area contributed by atoms with Crippen molar-refractivity contribution < 1.29 is 19.1 Å². The molecule has 30 heavy (non-hydrogen) atoms. The molecule has 154 valence electrons. The van der Waals surface area contributed by atoms with Gasteiger partial charge in [0.1, 0.15) is 5.75 Å². The standard InChI is InChI=1S/C24H23NO4S/c1-2-4-17-6-8-18(9-7-17)21(26)14-15-23(27)29-20-12-10-19(11-13-20)25-24(28)22-5-3-16-30-22/h3,5-13,16H,2,4,14-15H2,1H3,(H,25,28). The average Bonchev–Trinajstić information content (AvgIpc) is 3.29. The van der Waals surface area contributed by atoms with Gasteiger partial charge in [0.05, 0.1) is 11.3 Å². The maximum Gasteiger partial charge on any atom is 0.311 e. The number of rotatable bonds is 9. The smallest absolute Gasteiger partial charge is 0.311 e. The third-order valence-electron chi connectivity index (χ3n) is 4.46. The molecule has 0 saturated carbocycles. The van der Waals surface area contributed by atoms with Crippen molar-refractivity contribution >= 4 is 34.7 Å². The van der Waals surface area contributed by atoms with Crippen molar-refractivity contribution in [2.24, 2.45) is 0 Å². The second-order valence-electron chi connectivity index (χ2n) is 6.80. The van der Waals surface area contributed by atoms with Crippen LogP contribution in [0.2, 0.25) is 0 Å². The number of amides is 1. The molecule has 0 aliphatic rings. The Morgan fingerprint density at radius 1 is 0.933 bits per heavy atom. The van der Waals surface area contributed by atoms with Crippen molar-refractivity contribution in [3.8, 4) is 5.75 Å². The molecule has 0 aliphatic carbocycles. The number of carbonyl (C=O) groups is 3. The molecule has 0 spiro atoms. The monoisotopic (exact) mass is 421 g/mol. The van der Waals surface area contributed by atoms with Gasteiger partial charge in [-0.15, -0.1) is 11.3 Å². The number of hydrogen-bond acceptors (Lipinski definition) is 5. The van der Waals surface area contributed by atoms with Crippen molar-refractivity contribution in [3.05, 3.63) is 82.0 Å². The lowest BCUT2D eigenvalue weighted by molar-refractivity contribution is -0.134. The first-order valence-corrected chi connectivity index (χ1v) is 10.7. The van der Waals surface area contributed by atoms with Crippen LogP contribution in [0.4, 0.5) is 5.69 Å². The Morgan fingerprint density at radius 2 is 1.67 bits per heavy atom. The highest BCUT2D eigenvalue weighted by Crippen LogP contribution is 2.19. The molecule has 5 nitrogen and oxygen atoms in total. The minimum atomic E-state index is -0.471. The molecule has 1 heterocycles. The Kier molecular flexibility index (Phi) is 7.51. The number of ketones is 1. The van der Waals surface area contributed by atoms with E-state index in [0.29, 0.717) is 21.9 Å². The minimum Gasteiger partial charge on any atom is -0.427 e. The van der Waals surface area contributed by atoms with E-state index in [0.717, 1.165) is 12.8 Å². The van der Waals surface area contributed by atoms with Crippen molar-refractivity contribution in [1.82, 2.24) is 0 Å². The van der Waals surface area contributed by atoms with Gasteiger partial charge in [-0.25, -0.2) is 0 Å². The van der Waals surface area contributed by atoms with Gasteiger partial charge in [0.15, 0.2) is 5.78 Å². The van der Waals surface area contributed by atoms with E-state index >= 15 is 0 Å². The summed E-state index contributed by atoms with van der Waals surface area (Å²) in [5.74, 6) is -0.371. The molecule has 6 heteroatoms. The van der Waals surface area contributed by atoms with Gasteiger partial charge in [-0.3, -0.25) is 14.4 Å². The normalized spacial score (nSPS) is 10.4. The lowest BCUT2D eigenvalue weighted by Crippen LogP contribution is -2.11. The van der Waals surface area contributed by atoms with Crippen LogP contribution in [-0.2, 0) is 11.2 Å². The van der Waals surface area contributed by atoms with Crippen molar-refractivity contribution in [3.63, 3.8) is 0 Å². The first kappa shape index (κ1) is 21.5. The highest BCUT2D eigenvalue weighted by Gasteiger charge is 2.12. The number of Topliss-reactive ketones (excluding diaryl/α,β-unsaturated/α-hetero) is 1. The number of benzene rings is 2. The predicted molar refractivity (Wildman–Crippen MR) is 118 cm³/mol. The Labute approximate surface area is 179 Å². The van der Waals surface area contributed by atoms with Crippen molar-refractivity contribution in [1.29, 1.82) is 0 Å². The summed E-state index contributed by atoms with van der Waals surface area (Å²) in [6, 6.07) is 17.6. The number of nitrogens with one attached hydrogen (secondary N) is 1. The van der Waals surface area contributed by atoms with E-state index in [4.69, 9.17) is 4.74 Å². The number of anilines is 1. The number of esters is 1. The Balaban J connectivity index is 1.46. The van der Waals surface area contributed by atoms with Crippen LogP contribution in [0.3, 0.4) is 0 Å². The molecule has 0 fully saturated rings. The van der Waals surface area contributed by atoms with E-state index < -0.39 is 5.97 Å². The molecule has 0 unspecified atom stereocenters. The number of carbonyl (C=O) groups excluding carboxylic acids is 3. The van der Waals surface area contributed by atoms with E-state index in [1.54, 1.807) is 30.3 Å². The second-order valence-corrected chi connectivity index (χ2v) is 7.75. The van der Waals surface area contributed by atoms with Crippen LogP contribution >= 0.6 is 11.3 Å². The van der Waals surface area contributed by atoms with E-state index in [1.807, 2.05) is 35.7 Å². The number of thiophene rings is 1. The maximum absolute atomic E-state index is 12.3. The fraction of sp³-hybridized carbons (Fsp3) is 0.208. The van der Waals surface area contributed by atoms with Gasteiger partial charge < -0.3 is 10.1 Å². The van der Waals surface area contributed by atoms with Crippen LogP contribution < -0.4 is 10.1 Å². The Morgan fingerprint density at radius 3 is 2.30 bits per heavy atom. The highest BCUT2D eigenvalue weighted by atomic mass is 32.1. The highest BCUT2D eigenvalue weighted by molar-refractivity contribution is 7.12. The largest absolute Gasteiger partial charge is 0.427 e. The Hall–Kier alpha value is -3.25. The number of aryl methyl sites for hydroxylation is 1. The maximum atomic E-state index is 12.3. The van der Waals surface area contributed by atoms with Crippen molar-refractivity contribution in [2.45, 2.75) is 32.6 Å². The molecule has 0 atom stereocenters. The molecule has 0 saturated heterocycles. The second kappa shape index (κ2) is 10.5. The summed E-state index contributed by atoms with van der Waals surface area (Å²) < 4.78 is 5.28. The summed E-state index contributed by atoms with van der Waals surface area (Å²) in [6.07, 6.45) is 2.14. The van der Waals surface area contributed by atoms with E-state index in [1.165, 1.54) is 16.9 Å². The summed E-state index contributed by atoms with van der Waals surface area (Å²) in [5.41, 5.74) is 2.41. The summed E-state index contributed by atoms with van der Waals surface area (Å²) in [6.45, 7) is 2.11. The molecule has 3 rings (SSSR count).